The minimum atomic E-state index is -0.270. The van der Waals surface area contributed by atoms with Crippen LogP contribution >= 0.6 is 23.2 Å². The topological polar surface area (TPSA) is 34.0 Å². The minimum absolute atomic E-state index is 0.0500. The highest BCUT2D eigenvalue weighted by molar-refractivity contribution is 6.42. The van der Waals surface area contributed by atoms with E-state index in [4.69, 9.17) is 27.9 Å². The van der Waals surface area contributed by atoms with Crippen LogP contribution < -0.4 is 9.64 Å². The number of hydrogen-bond donors (Lipinski definition) is 1. The molecule has 3 rings (SSSR count). The molecule has 2 aromatic rings. The molecule has 138 valence electrons. The second kappa shape index (κ2) is 8.25. The third kappa shape index (κ3) is 4.29. The predicted octanol–water partition coefficient (Wildman–Crippen LogP) is 2.68. The lowest BCUT2D eigenvalue weighted by Crippen LogP contribution is -3.13. The highest BCUT2D eigenvalue weighted by atomic mass is 35.5. The number of rotatable bonds is 4. The molecule has 1 amide bonds. The van der Waals surface area contributed by atoms with E-state index < -0.39 is 0 Å². The summed E-state index contributed by atoms with van der Waals surface area (Å²) in [6.45, 7) is 3.49. The number of methoxy groups -OCH3 is 1. The maximum atomic E-state index is 13.5. The van der Waals surface area contributed by atoms with Gasteiger partial charge in [-0.1, -0.05) is 23.2 Å². The summed E-state index contributed by atoms with van der Waals surface area (Å²) >= 11 is 11.9. The van der Waals surface area contributed by atoms with E-state index in [1.807, 2.05) is 4.90 Å². The van der Waals surface area contributed by atoms with Crippen LogP contribution in [-0.4, -0.2) is 44.1 Å². The first-order valence-corrected chi connectivity index (χ1v) is 9.14. The van der Waals surface area contributed by atoms with Gasteiger partial charge in [-0.05, 0) is 36.4 Å². The summed E-state index contributed by atoms with van der Waals surface area (Å²) in [6, 6.07) is 9.48. The summed E-state index contributed by atoms with van der Waals surface area (Å²) < 4.78 is 18.8. The normalized spacial score (nSPS) is 15.2. The van der Waals surface area contributed by atoms with Gasteiger partial charge in [-0.25, -0.2) is 4.39 Å². The molecule has 0 bridgehead atoms. The third-order valence-electron chi connectivity index (χ3n) is 4.61. The van der Waals surface area contributed by atoms with Gasteiger partial charge in [-0.3, -0.25) is 4.79 Å². The molecule has 1 heterocycles. The number of carbonyl (C=O) groups excluding carboxylic acids is 1. The molecule has 1 saturated heterocycles. The van der Waals surface area contributed by atoms with Crippen molar-refractivity contribution in [1.29, 1.82) is 0 Å². The number of quaternary nitrogens is 1. The Kier molecular flexibility index (Phi) is 6.01. The van der Waals surface area contributed by atoms with Gasteiger partial charge in [-0.2, -0.15) is 0 Å². The first-order valence-electron chi connectivity index (χ1n) is 8.38. The fourth-order valence-corrected chi connectivity index (χ4v) is 3.47. The molecule has 0 spiro atoms. The van der Waals surface area contributed by atoms with Crippen molar-refractivity contribution in [2.45, 2.75) is 6.54 Å². The lowest BCUT2D eigenvalue weighted by molar-refractivity contribution is -0.917. The SMILES string of the molecule is COc1ccc(F)cc1C[NH+]1CCN(C(=O)c2ccc(Cl)c(Cl)c2)CC1. The van der Waals surface area contributed by atoms with Gasteiger partial charge < -0.3 is 14.5 Å². The van der Waals surface area contributed by atoms with Crippen molar-refractivity contribution in [3.8, 4) is 5.75 Å². The number of benzene rings is 2. The third-order valence-corrected chi connectivity index (χ3v) is 5.35. The number of nitrogens with zero attached hydrogens (tertiary/aromatic N) is 1. The molecule has 1 fully saturated rings. The number of carbonyl (C=O) groups is 1. The Morgan fingerprint density at radius 3 is 2.54 bits per heavy atom. The van der Waals surface area contributed by atoms with Gasteiger partial charge in [0.15, 0.2) is 0 Å². The van der Waals surface area contributed by atoms with Gasteiger partial charge in [0.2, 0.25) is 0 Å². The Hall–Kier alpha value is -1.82. The lowest BCUT2D eigenvalue weighted by atomic mass is 10.1. The van der Waals surface area contributed by atoms with Crippen molar-refractivity contribution in [2.24, 2.45) is 0 Å². The summed E-state index contributed by atoms with van der Waals surface area (Å²) in [5.74, 6) is 0.368. The Balaban J connectivity index is 1.61. The van der Waals surface area contributed by atoms with Crippen molar-refractivity contribution < 1.29 is 18.8 Å². The molecule has 7 heteroatoms. The van der Waals surface area contributed by atoms with E-state index >= 15 is 0 Å². The van der Waals surface area contributed by atoms with E-state index in [2.05, 4.69) is 0 Å². The van der Waals surface area contributed by atoms with Gasteiger partial charge in [0, 0.05) is 5.56 Å². The van der Waals surface area contributed by atoms with E-state index in [1.54, 1.807) is 31.4 Å². The quantitative estimate of drug-likeness (QED) is 0.860. The van der Waals surface area contributed by atoms with Gasteiger partial charge in [0.25, 0.3) is 5.91 Å². The average molecular weight is 398 g/mol. The van der Waals surface area contributed by atoms with Crippen LogP contribution in [0.2, 0.25) is 10.0 Å². The van der Waals surface area contributed by atoms with Crippen LogP contribution in [0.4, 0.5) is 4.39 Å². The van der Waals surface area contributed by atoms with Crippen molar-refractivity contribution in [3.63, 3.8) is 0 Å². The molecule has 0 radical (unpaired) electrons. The molecule has 0 atom stereocenters. The number of ether oxygens (including phenoxy) is 1. The number of hydrogen-bond acceptors (Lipinski definition) is 2. The van der Waals surface area contributed by atoms with Crippen LogP contribution in [0.1, 0.15) is 15.9 Å². The van der Waals surface area contributed by atoms with E-state index in [1.165, 1.54) is 17.0 Å². The summed E-state index contributed by atoms with van der Waals surface area (Å²) in [6.07, 6.45) is 0. The molecule has 0 saturated carbocycles. The lowest BCUT2D eigenvalue weighted by Gasteiger charge is -2.32. The standard InChI is InChI=1S/C19H19Cl2FN2O2/c1-26-18-5-3-15(22)10-14(18)12-23-6-8-24(9-7-23)19(25)13-2-4-16(20)17(21)11-13/h2-5,10-11H,6-9,12H2,1H3/p+1. The molecule has 1 aliphatic rings. The highest BCUT2D eigenvalue weighted by Gasteiger charge is 2.25. The second-order valence-corrected chi connectivity index (χ2v) is 7.12. The molecular formula is C19H20Cl2FN2O2+. The number of halogens is 3. The van der Waals surface area contributed by atoms with Gasteiger partial charge in [0.1, 0.15) is 18.1 Å². The average Bonchev–Trinajstić information content (AvgIpc) is 2.64. The minimum Gasteiger partial charge on any atom is -0.496 e. The van der Waals surface area contributed by atoms with E-state index in [9.17, 15) is 9.18 Å². The molecule has 4 nitrogen and oxygen atoms in total. The van der Waals surface area contributed by atoms with Crippen molar-refractivity contribution in [1.82, 2.24) is 4.90 Å². The largest absolute Gasteiger partial charge is 0.496 e. The first-order chi connectivity index (χ1) is 12.5. The van der Waals surface area contributed by atoms with E-state index in [0.717, 1.165) is 18.7 Å². The Bertz CT molecular complexity index is 808. The number of piperazine rings is 1. The van der Waals surface area contributed by atoms with Crippen LogP contribution in [0.3, 0.4) is 0 Å². The van der Waals surface area contributed by atoms with Crippen LogP contribution in [-0.2, 0) is 6.54 Å². The molecule has 0 aliphatic carbocycles. The van der Waals surface area contributed by atoms with E-state index in [-0.39, 0.29) is 11.7 Å². The first kappa shape index (κ1) is 19.0. The summed E-state index contributed by atoms with van der Waals surface area (Å²) in [4.78, 5) is 15.7. The van der Waals surface area contributed by atoms with Gasteiger partial charge in [0.05, 0.1) is 48.9 Å². The molecule has 1 N–H and O–H groups in total. The van der Waals surface area contributed by atoms with Crippen LogP contribution in [0.25, 0.3) is 0 Å². The Morgan fingerprint density at radius 1 is 1.15 bits per heavy atom. The summed E-state index contributed by atoms with van der Waals surface area (Å²) in [7, 11) is 1.58. The maximum absolute atomic E-state index is 13.5. The van der Waals surface area contributed by atoms with Crippen LogP contribution in [0.5, 0.6) is 5.75 Å². The van der Waals surface area contributed by atoms with Crippen molar-refractivity contribution >= 4 is 29.1 Å². The fourth-order valence-electron chi connectivity index (χ4n) is 3.17. The highest BCUT2D eigenvalue weighted by Crippen LogP contribution is 2.23. The van der Waals surface area contributed by atoms with Gasteiger partial charge >= 0.3 is 0 Å². The van der Waals surface area contributed by atoms with Gasteiger partial charge in [-0.15, -0.1) is 0 Å². The summed E-state index contributed by atoms with van der Waals surface area (Å²) in [5, 5.41) is 0.807. The monoisotopic (exact) mass is 397 g/mol. The Labute approximate surface area is 162 Å². The second-order valence-electron chi connectivity index (χ2n) is 6.30. The molecule has 1 aliphatic heterocycles. The van der Waals surface area contributed by atoms with Crippen molar-refractivity contribution in [3.05, 3.63) is 63.4 Å². The zero-order valence-electron chi connectivity index (χ0n) is 14.4. The molecule has 2 aromatic carbocycles. The van der Waals surface area contributed by atoms with Crippen LogP contribution in [0.15, 0.2) is 36.4 Å². The van der Waals surface area contributed by atoms with Crippen LogP contribution in [0, 0.1) is 5.82 Å². The molecule has 26 heavy (non-hydrogen) atoms. The molecule has 0 unspecified atom stereocenters. The predicted molar refractivity (Wildman–Crippen MR) is 99.7 cm³/mol. The fraction of sp³-hybridized carbons (Fsp3) is 0.316. The Morgan fingerprint density at radius 2 is 1.88 bits per heavy atom. The van der Waals surface area contributed by atoms with E-state index in [0.29, 0.717) is 41.0 Å². The molecule has 0 aromatic heterocycles. The van der Waals surface area contributed by atoms with Crippen molar-refractivity contribution in [2.75, 3.05) is 33.3 Å². The maximum Gasteiger partial charge on any atom is 0.254 e. The number of nitrogens with one attached hydrogen (secondary N) is 1. The zero-order chi connectivity index (χ0) is 18.7. The zero-order valence-corrected chi connectivity index (χ0v) is 15.9. The smallest absolute Gasteiger partial charge is 0.254 e. The summed E-state index contributed by atoms with van der Waals surface area (Å²) in [5.41, 5.74) is 1.38. The number of amides is 1. The molecular weight excluding hydrogens is 378 g/mol.